The molecule has 34 heavy (non-hydrogen) atoms. The number of alkyl carbamates (subject to hydrolysis) is 1. The second-order valence-corrected chi connectivity index (χ2v) is 8.53. The van der Waals surface area contributed by atoms with Crippen LogP contribution in [0.3, 0.4) is 0 Å². The minimum Gasteiger partial charge on any atom is -0.436 e. The van der Waals surface area contributed by atoms with Crippen molar-refractivity contribution in [3.8, 4) is 12.3 Å². The van der Waals surface area contributed by atoms with E-state index in [9.17, 15) is 17.6 Å². The average molecular weight is 485 g/mol. The fraction of sp³-hybridized carbons (Fsp3) is 0.136. The zero-order chi connectivity index (χ0) is 24.7. The van der Waals surface area contributed by atoms with Gasteiger partial charge in [0.05, 0.1) is 11.1 Å². The fourth-order valence-corrected chi connectivity index (χ4v) is 3.61. The number of ether oxygens (including phenoxy) is 1. The van der Waals surface area contributed by atoms with Gasteiger partial charge in [-0.05, 0) is 42.3 Å². The highest BCUT2D eigenvalue weighted by molar-refractivity contribution is 7.89. The summed E-state index contributed by atoms with van der Waals surface area (Å²) >= 11 is 0. The Kier molecular flexibility index (Phi) is 7.62. The smallest absolute Gasteiger partial charge is 0.408 e. The van der Waals surface area contributed by atoms with Crippen molar-refractivity contribution in [1.29, 1.82) is 0 Å². The number of aromatic nitrogens is 2. The van der Waals surface area contributed by atoms with E-state index in [2.05, 4.69) is 31.8 Å². The molecule has 0 bridgehead atoms. The van der Waals surface area contributed by atoms with Crippen LogP contribution in [-0.4, -0.2) is 31.1 Å². The minimum atomic E-state index is -3.91. The molecule has 0 aliphatic rings. The van der Waals surface area contributed by atoms with Crippen LogP contribution in [0.15, 0.2) is 53.6 Å². The zero-order valence-electron chi connectivity index (χ0n) is 18.0. The summed E-state index contributed by atoms with van der Waals surface area (Å²) in [5.41, 5.74) is 2.16. The summed E-state index contributed by atoms with van der Waals surface area (Å²) in [5, 5.41) is 13.5. The number of rotatable bonds is 8. The van der Waals surface area contributed by atoms with Gasteiger partial charge in [-0.15, -0.1) is 6.42 Å². The number of sulfonamides is 1. The van der Waals surface area contributed by atoms with Crippen LogP contribution in [0.1, 0.15) is 11.1 Å². The molecular weight excluding hydrogens is 463 g/mol. The molecule has 0 atom stereocenters. The molecule has 1 amide bonds. The van der Waals surface area contributed by atoms with Gasteiger partial charge in [-0.1, -0.05) is 24.1 Å². The molecule has 2 aromatic carbocycles. The lowest BCUT2D eigenvalue weighted by atomic mass is 10.2. The molecule has 0 aliphatic heterocycles. The van der Waals surface area contributed by atoms with Gasteiger partial charge in [0.2, 0.25) is 16.0 Å². The summed E-state index contributed by atoms with van der Waals surface area (Å²) in [7, 11) is -3.91. The summed E-state index contributed by atoms with van der Waals surface area (Å²) in [6.45, 7) is 1.72. The lowest BCUT2D eigenvalue weighted by Crippen LogP contribution is -2.23. The molecule has 5 N–H and O–H groups in total. The van der Waals surface area contributed by atoms with Crippen LogP contribution < -0.4 is 21.1 Å². The molecular formula is C22H21FN6O4S. The number of hydrogen-bond acceptors (Lipinski definition) is 8. The second-order valence-electron chi connectivity index (χ2n) is 7.00. The van der Waals surface area contributed by atoms with Crippen molar-refractivity contribution in [3.63, 3.8) is 0 Å². The number of carbonyl (C=O) groups excluding carboxylic acids is 1. The molecule has 10 nitrogen and oxygen atoms in total. The third-order valence-corrected chi connectivity index (χ3v) is 5.49. The minimum absolute atomic E-state index is 0.0411. The summed E-state index contributed by atoms with van der Waals surface area (Å²) < 4.78 is 42.4. The lowest BCUT2D eigenvalue weighted by molar-refractivity contribution is 0.159. The molecule has 0 saturated heterocycles. The van der Waals surface area contributed by atoms with Crippen LogP contribution >= 0.6 is 0 Å². The summed E-state index contributed by atoms with van der Waals surface area (Å²) in [4.78, 5) is 19.4. The molecule has 0 saturated carbocycles. The maximum Gasteiger partial charge on any atom is 0.408 e. The topological polar surface area (TPSA) is 148 Å². The Morgan fingerprint density at radius 1 is 1.18 bits per heavy atom. The highest BCUT2D eigenvalue weighted by Crippen LogP contribution is 2.23. The first-order chi connectivity index (χ1) is 16.2. The Morgan fingerprint density at radius 2 is 1.88 bits per heavy atom. The number of halogens is 1. The van der Waals surface area contributed by atoms with Crippen molar-refractivity contribution in [2.24, 2.45) is 5.14 Å². The van der Waals surface area contributed by atoms with Crippen molar-refractivity contribution >= 4 is 39.3 Å². The van der Waals surface area contributed by atoms with Gasteiger partial charge in [0.1, 0.15) is 0 Å². The standard InChI is InChI=1S/C22H21FN6O4S/c1-3-10-33-22(30)26-12-15-5-8-16(9-6-15)27-20-18(23)13-25-21(29-20)28-17-7-4-14(2)19(11-17)34(24,31)32/h1,4-9,11,13H,10,12H2,2H3,(H,26,30)(H2,24,31,32)(H2,25,27,28,29). The average Bonchev–Trinajstić information content (AvgIpc) is 2.80. The highest BCUT2D eigenvalue weighted by atomic mass is 32.2. The maximum absolute atomic E-state index is 14.3. The molecule has 1 aromatic heterocycles. The van der Waals surface area contributed by atoms with Gasteiger partial charge >= 0.3 is 6.09 Å². The van der Waals surface area contributed by atoms with Gasteiger partial charge in [0.25, 0.3) is 0 Å². The number of hydrogen-bond donors (Lipinski definition) is 4. The lowest BCUT2D eigenvalue weighted by Gasteiger charge is -2.11. The Labute approximate surface area is 195 Å². The van der Waals surface area contributed by atoms with E-state index in [-0.39, 0.29) is 29.8 Å². The van der Waals surface area contributed by atoms with Crippen molar-refractivity contribution in [1.82, 2.24) is 15.3 Å². The summed E-state index contributed by atoms with van der Waals surface area (Å²) in [5.74, 6) is 1.44. The normalized spacial score (nSPS) is 10.8. The van der Waals surface area contributed by atoms with Gasteiger partial charge in [-0.25, -0.2) is 27.7 Å². The Hall–Kier alpha value is -4.21. The molecule has 176 valence electrons. The number of terminal acetylenes is 1. The number of nitrogens with one attached hydrogen (secondary N) is 3. The number of anilines is 4. The number of nitrogens with zero attached hydrogens (tertiary/aromatic N) is 2. The molecule has 3 aromatic rings. The highest BCUT2D eigenvalue weighted by Gasteiger charge is 2.13. The van der Waals surface area contributed by atoms with E-state index in [1.165, 1.54) is 6.07 Å². The molecule has 3 rings (SSSR count). The van der Waals surface area contributed by atoms with Crippen molar-refractivity contribution in [2.75, 3.05) is 17.2 Å². The number of benzene rings is 2. The van der Waals surface area contributed by atoms with Crippen molar-refractivity contribution in [3.05, 3.63) is 65.6 Å². The van der Waals surface area contributed by atoms with Gasteiger partial charge in [0, 0.05) is 17.9 Å². The summed E-state index contributed by atoms with van der Waals surface area (Å²) in [6, 6.07) is 11.4. The van der Waals surface area contributed by atoms with Crippen LogP contribution in [0.2, 0.25) is 0 Å². The molecule has 12 heteroatoms. The van der Waals surface area contributed by atoms with E-state index in [1.54, 1.807) is 43.3 Å². The first-order valence-corrected chi connectivity index (χ1v) is 11.3. The van der Waals surface area contributed by atoms with E-state index in [1.807, 2.05) is 0 Å². The Balaban J connectivity index is 1.69. The van der Waals surface area contributed by atoms with Crippen molar-refractivity contribution in [2.45, 2.75) is 18.4 Å². The number of nitrogens with two attached hydrogens (primary N) is 1. The first kappa shape index (κ1) is 24.4. The molecule has 0 fully saturated rings. The zero-order valence-corrected chi connectivity index (χ0v) is 18.8. The fourth-order valence-electron chi connectivity index (χ4n) is 2.80. The third-order valence-electron chi connectivity index (χ3n) is 4.44. The van der Waals surface area contributed by atoms with E-state index in [0.717, 1.165) is 11.8 Å². The maximum atomic E-state index is 14.3. The van der Waals surface area contributed by atoms with E-state index in [4.69, 9.17) is 16.3 Å². The number of aryl methyl sites for hydroxylation is 1. The van der Waals surface area contributed by atoms with Crippen LogP contribution in [-0.2, 0) is 21.3 Å². The van der Waals surface area contributed by atoms with Crippen LogP contribution in [0, 0.1) is 25.1 Å². The van der Waals surface area contributed by atoms with E-state index in [0.29, 0.717) is 16.9 Å². The first-order valence-electron chi connectivity index (χ1n) is 9.79. The van der Waals surface area contributed by atoms with Gasteiger partial charge in [-0.3, -0.25) is 0 Å². The van der Waals surface area contributed by atoms with E-state index < -0.39 is 21.9 Å². The van der Waals surface area contributed by atoms with Crippen LogP contribution in [0.5, 0.6) is 0 Å². The SMILES string of the molecule is C#CCOC(=O)NCc1ccc(Nc2nc(Nc3ccc(C)c(S(N)(=O)=O)c3)ncc2F)cc1. The summed E-state index contributed by atoms with van der Waals surface area (Å²) in [6.07, 6.45) is 5.37. The molecule has 0 spiro atoms. The van der Waals surface area contributed by atoms with Crippen molar-refractivity contribution < 1.29 is 22.3 Å². The molecule has 1 heterocycles. The van der Waals surface area contributed by atoms with Gasteiger partial charge < -0.3 is 20.7 Å². The predicted octanol–water partition coefficient (Wildman–Crippen LogP) is 2.92. The number of amides is 1. The van der Waals surface area contributed by atoms with E-state index >= 15 is 0 Å². The predicted molar refractivity (Wildman–Crippen MR) is 125 cm³/mol. The largest absolute Gasteiger partial charge is 0.436 e. The third kappa shape index (κ3) is 6.64. The number of primary sulfonamides is 1. The Morgan fingerprint density at radius 3 is 2.56 bits per heavy atom. The van der Waals surface area contributed by atoms with Gasteiger partial charge in [-0.2, -0.15) is 4.98 Å². The molecule has 0 aliphatic carbocycles. The Bertz CT molecular complexity index is 1340. The van der Waals surface area contributed by atoms with Crippen LogP contribution in [0.4, 0.5) is 32.3 Å². The molecule has 0 radical (unpaired) electrons. The van der Waals surface area contributed by atoms with Gasteiger partial charge in [0.15, 0.2) is 18.2 Å². The monoisotopic (exact) mass is 484 g/mol. The van der Waals surface area contributed by atoms with Crippen LogP contribution in [0.25, 0.3) is 0 Å². The molecule has 0 unspecified atom stereocenters. The second kappa shape index (κ2) is 10.6. The number of carbonyl (C=O) groups is 1. The quantitative estimate of drug-likeness (QED) is 0.357.